The van der Waals surface area contributed by atoms with Crippen LogP contribution >= 0.6 is 0 Å². The van der Waals surface area contributed by atoms with Gasteiger partial charge in [-0.1, -0.05) is 0 Å². The number of rotatable bonds is 4. The van der Waals surface area contributed by atoms with Gasteiger partial charge < -0.3 is 15.2 Å². The van der Waals surface area contributed by atoms with Crippen LogP contribution in [-0.4, -0.2) is 31.0 Å². The predicted octanol–water partition coefficient (Wildman–Crippen LogP) is 1.31. The van der Waals surface area contributed by atoms with Gasteiger partial charge in [-0.05, 0) is 33.6 Å². The molecule has 1 aliphatic rings. The van der Waals surface area contributed by atoms with Gasteiger partial charge in [0.15, 0.2) is 0 Å². The number of nitrogens with two attached hydrogens (primary N) is 1. The van der Waals surface area contributed by atoms with Gasteiger partial charge in [-0.2, -0.15) is 0 Å². The van der Waals surface area contributed by atoms with Crippen LogP contribution in [0, 0.1) is 0 Å². The molecule has 78 valence electrons. The van der Waals surface area contributed by atoms with Gasteiger partial charge in [0.2, 0.25) is 0 Å². The lowest BCUT2D eigenvalue weighted by molar-refractivity contribution is -0.0708. The molecule has 0 aromatic rings. The molecule has 0 heterocycles. The van der Waals surface area contributed by atoms with Crippen LogP contribution in [0.2, 0.25) is 0 Å². The molecule has 3 heteroatoms. The van der Waals surface area contributed by atoms with Crippen LogP contribution < -0.4 is 5.73 Å². The SMILES string of the molecule is CC(C)(C)OCCO[C@H]1C[C@@H](N)C1. The maximum absolute atomic E-state index is 5.63. The summed E-state index contributed by atoms with van der Waals surface area (Å²) in [6.07, 6.45) is 2.41. The molecule has 0 unspecified atom stereocenters. The molecule has 0 aromatic carbocycles. The van der Waals surface area contributed by atoms with Gasteiger partial charge >= 0.3 is 0 Å². The molecule has 0 amide bonds. The fraction of sp³-hybridized carbons (Fsp3) is 1.00. The maximum Gasteiger partial charge on any atom is 0.0707 e. The van der Waals surface area contributed by atoms with Gasteiger partial charge in [-0.25, -0.2) is 0 Å². The zero-order valence-corrected chi connectivity index (χ0v) is 8.88. The molecule has 0 radical (unpaired) electrons. The van der Waals surface area contributed by atoms with Crippen molar-refractivity contribution < 1.29 is 9.47 Å². The Morgan fingerprint density at radius 2 is 1.85 bits per heavy atom. The lowest BCUT2D eigenvalue weighted by Gasteiger charge is -2.32. The van der Waals surface area contributed by atoms with E-state index in [1.54, 1.807) is 0 Å². The minimum Gasteiger partial charge on any atom is -0.376 e. The van der Waals surface area contributed by atoms with Gasteiger partial charge in [0.25, 0.3) is 0 Å². The minimum atomic E-state index is -0.0562. The van der Waals surface area contributed by atoms with E-state index in [0.717, 1.165) is 12.8 Å². The third-order valence-electron chi connectivity index (χ3n) is 2.10. The second-order valence-corrected chi connectivity index (χ2v) is 4.69. The quantitative estimate of drug-likeness (QED) is 0.675. The Morgan fingerprint density at radius 3 is 2.31 bits per heavy atom. The highest BCUT2D eigenvalue weighted by Gasteiger charge is 2.26. The monoisotopic (exact) mass is 187 g/mol. The van der Waals surface area contributed by atoms with Gasteiger partial charge in [-0.15, -0.1) is 0 Å². The molecule has 3 nitrogen and oxygen atoms in total. The molecule has 0 atom stereocenters. The van der Waals surface area contributed by atoms with Crippen molar-refractivity contribution in [3.05, 3.63) is 0 Å². The molecule has 1 fully saturated rings. The summed E-state index contributed by atoms with van der Waals surface area (Å²) in [6, 6.07) is 0.369. The summed E-state index contributed by atoms with van der Waals surface area (Å²) in [6.45, 7) is 7.51. The molecule has 2 N–H and O–H groups in total. The zero-order valence-electron chi connectivity index (χ0n) is 8.88. The summed E-state index contributed by atoms with van der Waals surface area (Å²) >= 11 is 0. The van der Waals surface area contributed by atoms with Crippen LogP contribution in [0.25, 0.3) is 0 Å². The highest BCUT2D eigenvalue weighted by molar-refractivity contribution is 4.82. The summed E-state index contributed by atoms with van der Waals surface area (Å²) in [7, 11) is 0. The first-order valence-corrected chi connectivity index (χ1v) is 4.98. The highest BCUT2D eigenvalue weighted by atomic mass is 16.5. The zero-order chi connectivity index (χ0) is 9.90. The Kier molecular flexibility index (Phi) is 3.71. The second-order valence-electron chi connectivity index (χ2n) is 4.69. The van der Waals surface area contributed by atoms with Crippen LogP contribution in [0.4, 0.5) is 0 Å². The fourth-order valence-electron chi connectivity index (χ4n) is 1.31. The van der Waals surface area contributed by atoms with Crippen LogP contribution in [0.1, 0.15) is 33.6 Å². The summed E-state index contributed by atoms with van der Waals surface area (Å²) in [5.74, 6) is 0. The van der Waals surface area contributed by atoms with E-state index in [0.29, 0.717) is 25.4 Å². The normalized spacial score (nSPS) is 28.6. The molecule has 1 aliphatic carbocycles. The van der Waals surface area contributed by atoms with E-state index >= 15 is 0 Å². The average molecular weight is 187 g/mol. The predicted molar refractivity (Wildman–Crippen MR) is 52.7 cm³/mol. The highest BCUT2D eigenvalue weighted by Crippen LogP contribution is 2.20. The fourth-order valence-corrected chi connectivity index (χ4v) is 1.31. The van der Waals surface area contributed by atoms with Crippen LogP contribution in [0.5, 0.6) is 0 Å². The summed E-state index contributed by atoms with van der Waals surface area (Å²) in [4.78, 5) is 0. The molecule has 0 bridgehead atoms. The van der Waals surface area contributed by atoms with E-state index in [1.165, 1.54) is 0 Å². The van der Waals surface area contributed by atoms with Crippen molar-refractivity contribution in [2.75, 3.05) is 13.2 Å². The van der Waals surface area contributed by atoms with Crippen molar-refractivity contribution >= 4 is 0 Å². The standard InChI is InChI=1S/C10H21NO2/c1-10(2,3)13-5-4-12-9-6-8(11)7-9/h8-9H,4-7,11H2,1-3H3/t8-,9+. The van der Waals surface area contributed by atoms with Crippen LogP contribution in [0.3, 0.4) is 0 Å². The molecule has 0 aromatic heterocycles. The van der Waals surface area contributed by atoms with E-state index in [4.69, 9.17) is 15.2 Å². The topological polar surface area (TPSA) is 44.5 Å². The van der Waals surface area contributed by atoms with Gasteiger partial charge in [0.05, 0.1) is 24.9 Å². The molecule has 0 aliphatic heterocycles. The number of hydrogen-bond donors (Lipinski definition) is 1. The largest absolute Gasteiger partial charge is 0.376 e. The van der Waals surface area contributed by atoms with E-state index in [-0.39, 0.29) is 5.60 Å². The van der Waals surface area contributed by atoms with Crippen molar-refractivity contribution in [3.63, 3.8) is 0 Å². The minimum absolute atomic E-state index is 0.0562. The van der Waals surface area contributed by atoms with Crippen LogP contribution in [0.15, 0.2) is 0 Å². The van der Waals surface area contributed by atoms with E-state index in [2.05, 4.69) is 0 Å². The Balaban J connectivity index is 1.90. The van der Waals surface area contributed by atoms with E-state index in [1.807, 2.05) is 20.8 Å². The summed E-state index contributed by atoms with van der Waals surface area (Å²) in [5.41, 5.74) is 5.57. The lowest BCUT2D eigenvalue weighted by atomic mass is 9.90. The second kappa shape index (κ2) is 4.40. The summed E-state index contributed by atoms with van der Waals surface area (Å²) < 4.78 is 11.1. The molecule has 13 heavy (non-hydrogen) atoms. The smallest absolute Gasteiger partial charge is 0.0707 e. The Bertz CT molecular complexity index is 147. The third kappa shape index (κ3) is 4.60. The van der Waals surface area contributed by atoms with Crippen molar-refractivity contribution in [2.45, 2.75) is 51.4 Å². The van der Waals surface area contributed by atoms with Crippen molar-refractivity contribution in [2.24, 2.45) is 5.73 Å². The molecule has 1 saturated carbocycles. The molecule has 1 rings (SSSR count). The average Bonchev–Trinajstić information content (AvgIpc) is 1.91. The first-order valence-electron chi connectivity index (χ1n) is 4.98. The first kappa shape index (κ1) is 11.0. The third-order valence-corrected chi connectivity index (χ3v) is 2.10. The van der Waals surface area contributed by atoms with E-state index in [9.17, 15) is 0 Å². The number of hydrogen-bond acceptors (Lipinski definition) is 3. The Morgan fingerprint density at radius 1 is 1.23 bits per heavy atom. The van der Waals surface area contributed by atoms with Gasteiger partial charge in [0.1, 0.15) is 0 Å². The van der Waals surface area contributed by atoms with Crippen molar-refractivity contribution in [1.82, 2.24) is 0 Å². The molecule has 0 saturated heterocycles. The van der Waals surface area contributed by atoms with Crippen LogP contribution in [-0.2, 0) is 9.47 Å². The lowest BCUT2D eigenvalue weighted by Crippen LogP contribution is -2.42. The Labute approximate surface area is 80.6 Å². The van der Waals surface area contributed by atoms with Crippen molar-refractivity contribution in [3.8, 4) is 0 Å². The van der Waals surface area contributed by atoms with Crippen molar-refractivity contribution in [1.29, 1.82) is 0 Å². The first-order chi connectivity index (χ1) is 5.97. The molecular weight excluding hydrogens is 166 g/mol. The maximum atomic E-state index is 5.63. The molecular formula is C10H21NO2. The molecule has 0 spiro atoms. The van der Waals surface area contributed by atoms with E-state index < -0.39 is 0 Å². The van der Waals surface area contributed by atoms with Gasteiger partial charge in [0, 0.05) is 6.04 Å². The number of ether oxygens (including phenoxy) is 2. The summed E-state index contributed by atoms with van der Waals surface area (Å²) in [5, 5.41) is 0. The Hall–Kier alpha value is -0.120. The van der Waals surface area contributed by atoms with Gasteiger partial charge in [-0.3, -0.25) is 0 Å².